The maximum Gasteiger partial charge on any atom is 0.125 e. The van der Waals surface area contributed by atoms with Gasteiger partial charge in [-0.1, -0.05) is 25.4 Å². The molecule has 0 amide bonds. The summed E-state index contributed by atoms with van der Waals surface area (Å²) in [6.45, 7) is 4.73. The van der Waals surface area contributed by atoms with Gasteiger partial charge in [-0.25, -0.2) is 0 Å². The van der Waals surface area contributed by atoms with Crippen LogP contribution in [0.2, 0.25) is 5.02 Å². The van der Waals surface area contributed by atoms with E-state index in [-0.39, 0.29) is 5.60 Å². The highest BCUT2D eigenvalue weighted by Gasteiger charge is 2.46. The van der Waals surface area contributed by atoms with Crippen LogP contribution in [0.4, 0.5) is 0 Å². The van der Waals surface area contributed by atoms with Gasteiger partial charge in [0.15, 0.2) is 0 Å². The molecule has 1 saturated carbocycles. The highest BCUT2D eigenvalue weighted by Crippen LogP contribution is 2.51. The van der Waals surface area contributed by atoms with E-state index in [1.54, 1.807) is 0 Å². The first kappa shape index (κ1) is 14.2. The zero-order valence-electron chi connectivity index (χ0n) is 12.6. The van der Waals surface area contributed by atoms with Crippen LogP contribution in [0.25, 0.3) is 0 Å². The van der Waals surface area contributed by atoms with Crippen molar-refractivity contribution < 1.29 is 4.74 Å². The van der Waals surface area contributed by atoms with Gasteiger partial charge in [0, 0.05) is 23.0 Å². The molecule has 2 atom stereocenters. The van der Waals surface area contributed by atoms with E-state index in [2.05, 4.69) is 19.2 Å². The van der Waals surface area contributed by atoms with Gasteiger partial charge in [-0.3, -0.25) is 0 Å². The fourth-order valence-electron chi connectivity index (χ4n) is 4.10. The molecule has 0 radical (unpaired) electrons. The van der Waals surface area contributed by atoms with Crippen molar-refractivity contribution in [3.63, 3.8) is 0 Å². The second kappa shape index (κ2) is 4.92. The standard InChI is InChI=1S/C17H24ClNO/c1-16(2)7-4-8-17(11-16)10-14(19-3)13-9-12(18)5-6-15(13)20-17/h5-6,9,14,19H,4,7-8,10-11H2,1-3H3. The van der Waals surface area contributed by atoms with Crippen LogP contribution >= 0.6 is 11.6 Å². The number of hydrogen-bond donors (Lipinski definition) is 1. The molecule has 110 valence electrons. The van der Waals surface area contributed by atoms with Crippen molar-refractivity contribution in [1.82, 2.24) is 5.32 Å². The Kier molecular flexibility index (Phi) is 3.50. The molecule has 20 heavy (non-hydrogen) atoms. The summed E-state index contributed by atoms with van der Waals surface area (Å²) in [5, 5.41) is 4.23. The number of fused-ring (bicyclic) bond motifs is 1. The molecule has 1 N–H and O–H groups in total. The van der Waals surface area contributed by atoms with Gasteiger partial charge in [0.1, 0.15) is 11.4 Å². The Morgan fingerprint density at radius 3 is 2.80 bits per heavy atom. The zero-order chi connectivity index (χ0) is 14.4. The average Bonchev–Trinajstić information content (AvgIpc) is 2.37. The van der Waals surface area contributed by atoms with Crippen LogP contribution in [0.1, 0.15) is 57.6 Å². The third-order valence-corrected chi connectivity index (χ3v) is 5.12. The van der Waals surface area contributed by atoms with E-state index in [1.807, 2.05) is 25.2 Å². The normalized spacial score (nSPS) is 31.7. The van der Waals surface area contributed by atoms with Crippen LogP contribution < -0.4 is 10.1 Å². The summed E-state index contributed by atoms with van der Waals surface area (Å²) in [5.41, 5.74) is 1.57. The Morgan fingerprint density at radius 1 is 1.30 bits per heavy atom. The van der Waals surface area contributed by atoms with Crippen LogP contribution in [0, 0.1) is 5.41 Å². The number of ether oxygens (including phenoxy) is 1. The zero-order valence-corrected chi connectivity index (χ0v) is 13.4. The molecule has 1 aromatic rings. The average molecular weight is 294 g/mol. The summed E-state index contributed by atoms with van der Waals surface area (Å²) >= 11 is 6.14. The molecule has 1 aliphatic heterocycles. The Bertz CT molecular complexity index is 514. The molecule has 1 heterocycles. The number of nitrogens with one attached hydrogen (secondary N) is 1. The van der Waals surface area contributed by atoms with E-state index in [0.29, 0.717) is 11.5 Å². The minimum Gasteiger partial charge on any atom is -0.487 e. The first-order valence-corrected chi connectivity index (χ1v) is 7.97. The molecule has 3 rings (SSSR count). The molecular weight excluding hydrogens is 270 g/mol. The molecule has 2 unspecified atom stereocenters. The van der Waals surface area contributed by atoms with Gasteiger partial charge >= 0.3 is 0 Å². The summed E-state index contributed by atoms with van der Waals surface area (Å²) in [5.74, 6) is 1.01. The molecule has 1 spiro atoms. The predicted molar refractivity (Wildman–Crippen MR) is 83.5 cm³/mol. The van der Waals surface area contributed by atoms with Crippen molar-refractivity contribution in [1.29, 1.82) is 0 Å². The lowest BCUT2D eigenvalue weighted by molar-refractivity contribution is -0.0413. The molecule has 0 saturated heterocycles. The van der Waals surface area contributed by atoms with E-state index in [9.17, 15) is 0 Å². The van der Waals surface area contributed by atoms with Crippen molar-refractivity contribution in [3.8, 4) is 5.75 Å². The maximum absolute atomic E-state index is 6.48. The smallest absolute Gasteiger partial charge is 0.125 e. The van der Waals surface area contributed by atoms with E-state index in [1.165, 1.54) is 18.4 Å². The molecule has 2 nitrogen and oxygen atoms in total. The summed E-state index contributed by atoms with van der Waals surface area (Å²) < 4.78 is 6.48. The summed E-state index contributed by atoms with van der Waals surface area (Å²) in [6, 6.07) is 6.34. The second-order valence-electron chi connectivity index (χ2n) is 7.21. The quantitative estimate of drug-likeness (QED) is 0.809. The highest BCUT2D eigenvalue weighted by atomic mass is 35.5. The molecule has 0 aromatic heterocycles. The van der Waals surface area contributed by atoms with Gasteiger partial charge in [0.05, 0.1) is 0 Å². The summed E-state index contributed by atoms with van der Waals surface area (Å²) in [4.78, 5) is 0. The molecular formula is C17H24ClNO. The third kappa shape index (κ3) is 2.56. The topological polar surface area (TPSA) is 21.3 Å². The maximum atomic E-state index is 6.48. The van der Waals surface area contributed by atoms with Crippen LogP contribution in [-0.4, -0.2) is 12.6 Å². The minimum atomic E-state index is -0.00371. The van der Waals surface area contributed by atoms with Gasteiger partial charge in [-0.2, -0.15) is 0 Å². The van der Waals surface area contributed by atoms with E-state index >= 15 is 0 Å². The van der Waals surface area contributed by atoms with E-state index < -0.39 is 0 Å². The fraction of sp³-hybridized carbons (Fsp3) is 0.647. The van der Waals surface area contributed by atoms with Crippen LogP contribution in [-0.2, 0) is 0 Å². The SMILES string of the molecule is CNC1CC2(CCCC(C)(C)C2)Oc2ccc(Cl)cc21. The Balaban J connectivity index is 1.96. The van der Waals surface area contributed by atoms with Gasteiger partial charge in [0.25, 0.3) is 0 Å². The molecule has 1 aliphatic carbocycles. The molecule has 1 aromatic carbocycles. The largest absolute Gasteiger partial charge is 0.487 e. The first-order valence-electron chi connectivity index (χ1n) is 7.59. The number of rotatable bonds is 1. The van der Waals surface area contributed by atoms with E-state index in [4.69, 9.17) is 16.3 Å². The first-order chi connectivity index (χ1) is 9.43. The third-order valence-electron chi connectivity index (χ3n) is 4.88. The lowest BCUT2D eigenvalue weighted by Crippen LogP contribution is -2.48. The molecule has 1 fully saturated rings. The fourth-order valence-corrected chi connectivity index (χ4v) is 4.28. The second-order valence-corrected chi connectivity index (χ2v) is 7.64. The molecule has 3 heteroatoms. The van der Waals surface area contributed by atoms with Gasteiger partial charge in [-0.05, 0) is 56.3 Å². The van der Waals surface area contributed by atoms with Crippen LogP contribution in [0.15, 0.2) is 18.2 Å². The molecule has 2 aliphatic rings. The monoisotopic (exact) mass is 293 g/mol. The number of hydrogen-bond acceptors (Lipinski definition) is 2. The van der Waals surface area contributed by atoms with Crippen molar-refractivity contribution in [2.24, 2.45) is 5.41 Å². The predicted octanol–water partition coefficient (Wildman–Crippen LogP) is 4.72. The van der Waals surface area contributed by atoms with Crippen molar-refractivity contribution in [2.45, 2.75) is 57.6 Å². The summed E-state index contributed by atoms with van der Waals surface area (Å²) in [7, 11) is 2.03. The van der Waals surface area contributed by atoms with Crippen LogP contribution in [0.3, 0.4) is 0 Å². The van der Waals surface area contributed by atoms with Gasteiger partial charge in [-0.15, -0.1) is 0 Å². The van der Waals surface area contributed by atoms with Crippen LogP contribution in [0.5, 0.6) is 5.75 Å². The Morgan fingerprint density at radius 2 is 2.10 bits per heavy atom. The Hall–Kier alpha value is -0.730. The van der Waals surface area contributed by atoms with Crippen molar-refractivity contribution >= 4 is 11.6 Å². The van der Waals surface area contributed by atoms with Gasteiger partial charge in [0.2, 0.25) is 0 Å². The van der Waals surface area contributed by atoms with Crippen molar-refractivity contribution in [2.75, 3.05) is 7.05 Å². The lowest BCUT2D eigenvalue weighted by Gasteiger charge is -2.49. The lowest BCUT2D eigenvalue weighted by atomic mass is 9.66. The van der Waals surface area contributed by atoms with Gasteiger partial charge < -0.3 is 10.1 Å². The number of benzene rings is 1. The molecule has 0 bridgehead atoms. The van der Waals surface area contributed by atoms with Crippen molar-refractivity contribution in [3.05, 3.63) is 28.8 Å². The Labute approximate surface area is 126 Å². The summed E-state index contributed by atoms with van der Waals surface area (Å²) in [6.07, 6.45) is 5.90. The van der Waals surface area contributed by atoms with E-state index in [0.717, 1.165) is 30.0 Å². The number of halogens is 1. The minimum absolute atomic E-state index is 0.00371. The highest BCUT2D eigenvalue weighted by molar-refractivity contribution is 6.30.